The summed E-state index contributed by atoms with van der Waals surface area (Å²) in [5, 5.41) is 0. The van der Waals surface area contributed by atoms with Crippen LogP contribution in [0.15, 0.2) is 54.1 Å². The minimum atomic E-state index is 0.0270. The number of carbonyl (C=O) groups excluding carboxylic acids is 1. The van der Waals surface area contributed by atoms with Crippen molar-refractivity contribution < 1.29 is 14.3 Å². The van der Waals surface area contributed by atoms with Crippen molar-refractivity contribution in [2.45, 2.75) is 6.42 Å². The van der Waals surface area contributed by atoms with Crippen LogP contribution in [0.4, 0.5) is 0 Å². The Balaban J connectivity index is 1.69. The van der Waals surface area contributed by atoms with Crippen LogP contribution in [0.1, 0.15) is 22.3 Å². The van der Waals surface area contributed by atoms with Gasteiger partial charge in [-0.2, -0.15) is 0 Å². The summed E-state index contributed by atoms with van der Waals surface area (Å²) >= 11 is 0. The second-order valence-corrected chi connectivity index (χ2v) is 6.36. The van der Waals surface area contributed by atoms with Gasteiger partial charge in [0.1, 0.15) is 18.1 Å². The Morgan fingerprint density at radius 3 is 2.84 bits per heavy atom. The lowest BCUT2D eigenvalue weighted by atomic mass is 9.98. The third-order valence-corrected chi connectivity index (χ3v) is 4.02. The Bertz CT molecular complexity index is 780. The molecule has 0 bridgehead atoms. The molecule has 0 saturated carbocycles. The van der Waals surface area contributed by atoms with Gasteiger partial charge in [-0.25, -0.2) is 0 Å². The summed E-state index contributed by atoms with van der Waals surface area (Å²) in [5.41, 5.74) is 2.22. The highest BCUT2D eigenvalue weighted by atomic mass is 16.5. The van der Waals surface area contributed by atoms with E-state index in [1.54, 1.807) is 6.07 Å². The van der Waals surface area contributed by atoms with Gasteiger partial charge in [-0.05, 0) is 56.4 Å². The van der Waals surface area contributed by atoms with Crippen LogP contribution in [0.3, 0.4) is 0 Å². The van der Waals surface area contributed by atoms with Crippen LogP contribution >= 0.6 is 0 Å². The molecule has 0 fully saturated rings. The summed E-state index contributed by atoms with van der Waals surface area (Å²) in [7, 11) is 4.10. The predicted molar refractivity (Wildman–Crippen MR) is 99.4 cm³/mol. The lowest BCUT2D eigenvalue weighted by molar-refractivity contribution is 0.100. The molecule has 4 nitrogen and oxygen atoms in total. The molecule has 2 aromatic carbocycles. The molecule has 0 aromatic heterocycles. The van der Waals surface area contributed by atoms with E-state index >= 15 is 0 Å². The van der Waals surface area contributed by atoms with Crippen LogP contribution in [0.2, 0.25) is 0 Å². The minimum absolute atomic E-state index is 0.0270. The normalized spacial score (nSPS) is 15.2. The van der Waals surface area contributed by atoms with Crippen LogP contribution in [0, 0.1) is 0 Å². The van der Waals surface area contributed by atoms with Crippen LogP contribution in [0.5, 0.6) is 11.5 Å². The van der Waals surface area contributed by atoms with Crippen molar-refractivity contribution >= 4 is 11.9 Å². The van der Waals surface area contributed by atoms with Crippen LogP contribution in [-0.2, 0) is 0 Å². The second kappa shape index (κ2) is 7.99. The zero-order valence-electron chi connectivity index (χ0n) is 14.7. The summed E-state index contributed by atoms with van der Waals surface area (Å²) in [6.45, 7) is 1.96. The maximum atomic E-state index is 12.6. The molecule has 0 aliphatic carbocycles. The fourth-order valence-corrected chi connectivity index (χ4v) is 2.75. The average Bonchev–Trinajstić information content (AvgIpc) is 2.62. The highest BCUT2D eigenvalue weighted by Gasteiger charge is 2.22. The zero-order chi connectivity index (χ0) is 17.6. The van der Waals surface area contributed by atoms with Gasteiger partial charge in [-0.3, -0.25) is 4.79 Å². The SMILES string of the molecule is CN(C)CCCOc1cccc(/C=C2\COc3ccccc3C2=O)c1. The van der Waals surface area contributed by atoms with Crippen LogP contribution < -0.4 is 9.47 Å². The van der Waals surface area contributed by atoms with E-state index in [0.29, 0.717) is 30.1 Å². The fourth-order valence-electron chi connectivity index (χ4n) is 2.75. The molecule has 0 N–H and O–H groups in total. The molecule has 0 radical (unpaired) electrons. The van der Waals surface area contributed by atoms with E-state index in [-0.39, 0.29) is 5.78 Å². The van der Waals surface area contributed by atoms with Gasteiger partial charge in [0, 0.05) is 12.1 Å². The highest BCUT2D eigenvalue weighted by Crippen LogP contribution is 2.28. The number of benzene rings is 2. The fraction of sp³-hybridized carbons (Fsp3) is 0.286. The molecule has 0 spiro atoms. The summed E-state index contributed by atoms with van der Waals surface area (Å²) < 4.78 is 11.5. The molecule has 2 aromatic rings. The van der Waals surface area contributed by atoms with Crippen molar-refractivity contribution in [3.8, 4) is 11.5 Å². The predicted octanol–water partition coefficient (Wildman–Crippen LogP) is 3.68. The number of hydrogen-bond donors (Lipinski definition) is 0. The average molecular weight is 337 g/mol. The largest absolute Gasteiger partial charge is 0.494 e. The van der Waals surface area contributed by atoms with Gasteiger partial charge < -0.3 is 14.4 Å². The number of rotatable bonds is 6. The summed E-state index contributed by atoms with van der Waals surface area (Å²) in [4.78, 5) is 14.7. The quantitative estimate of drug-likeness (QED) is 0.595. The number of Topliss-reactive ketones (excluding diaryl/α,β-unsaturated/α-hetero) is 1. The van der Waals surface area contributed by atoms with Crippen LogP contribution in [0.25, 0.3) is 6.08 Å². The Kier molecular flexibility index (Phi) is 5.51. The third kappa shape index (κ3) is 4.48. The molecule has 1 aliphatic rings. The number of carbonyl (C=O) groups is 1. The van der Waals surface area contributed by atoms with E-state index < -0.39 is 0 Å². The molecule has 0 amide bonds. The monoisotopic (exact) mass is 337 g/mol. The number of fused-ring (bicyclic) bond motifs is 1. The van der Waals surface area contributed by atoms with E-state index in [0.717, 1.165) is 24.3 Å². The molecule has 3 rings (SSSR count). The van der Waals surface area contributed by atoms with Gasteiger partial charge in [0.25, 0.3) is 0 Å². The smallest absolute Gasteiger partial charge is 0.196 e. The Labute approximate surface area is 148 Å². The van der Waals surface area contributed by atoms with Crippen molar-refractivity contribution in [3.05, 3.63) is 65.2 Å². The minimum Gasteiger partial charge on any atom is -0.494 e. The Hall–Kier alpha value is -2.59. The Morgan fingerprint density at radius 1 is 1.16 bits per heavy atom. The van der Waals surface area contributed by atoms with Gasteiger partial charge in [0.15, 0.2) is 5.78 Å². The molecule has 4 heteroatoms. The number of nitrogens with zero attached hydrogens (tertiary/aromatic N) is 1. The molecule has 0 unspecified atom stereocenters. The second-order valence-electron chi connectivity index (χ2n) is 6.36. The molecular weight excluding hydrogens is 314 g/mol. The summed E-state index contributed by atoms with van der Waals surface area (Å²) in [5.74, 6) is 1.50. The van der Waals surface area contributed by atoms with E-state index in [4.69, 9.17) is 9.47 Å². The standard InChI is InChI=1S/C21H23NO3/c1-22(2)11-6-12-24-18-8-5-7-16(14-18)13-17-15-25-20-10-4-3-9-19(20)21(17)23/h3-5,7-10,13-14H,6,11-12,15H2,1-2H3/b17-13+. The molecule has 1 heterocycles. The van der Waals surface area contributed by atoms with Gasteiger partial charge in [0.2, 0.25) is 0 Å². The van der Waals surface area contributed by atoms with Crippen molar-refractivity contribution in [2.24, 2.45) is 0 Å². The maximum Gasteiger partial charge on any atom is 0.196 e. The van der Waals surface area contributed by atoms with Gasteiger partial charge in [0.05, 0.1) is 12.2 Å². The first-order valence-corrected chi connectivity index (χ1v) is 8.48. The number of para-hydroxylation sites is 1. The van der Waals surface area contributed by atoms with E-state index in [2.05, 4.69) is 4.90 Å². The number of hydrogen-bond acceptors (Lipinski definition) is 4. The number of ketones is 1. The third-order valence-electron chi connectivity index (χ3n) is 4.02. The lowest BCUT2D eigenvalue weighted by Gasteiger charge is -2.18. The highest BCUT2D eigenvalue weighted by molar-refractivity contribution is 6.14. The molecule has 1 aliphatic heterocycles. The Morgan fingerprint density at radius 2 is 2.00 bits per heavy atom. The molecular formula is C21H23NO3. The first kappa shape index (κ1) is 17.2. The lowest BCUT2D eigenvalue weighted by Crippen LogP contribution is -2.18. The van der Waals surface area contributed by atoms with E-state index in [9.17, 15) is 4.79 Å². The maximum absolute atomic E-state index is 12.6. The van der Waals surface area contributed by atoms with E-state index in [1.807, 2.05) is 62.6 Å². The van der Waals surface area contributed by atoms with Crippen molar-refractivity contribution in [3.63, 3.8) is 0 Å². The first-order valence-electron chi connectivity index (χ1n) is 8.48. The van der Waals surface area contributed by atoms with Gasteiger partial charge in [-0.1, -0.05) is 24.3 Å². The first-order chi connectivity index (χ1) is 12.1. The van der Waals surface area contributed by atoms with Crippen molar-refractivity contribution in [1.29, 1.82) is 0 Å². The van der Waals surface area contributed by atoms with Gasteiger partial charge in [-0.15, -0.1) is 0 Å². The molecule has 0 atom stereocenters. The van der Waals surface area contributed by atoms with Gasteiger partial charge >= 0.3 is 0 Å². The summed E-state index contributed by atoms with van der Waals surface area (Å²) in [6, 6.07) is 15.1. The zero-order valence-corrected chi connectivity index (χ0v) is 14.7. The van der Waals surface area contributed by atoms with Crippen molar-refractivity contribution in [2.75, 3.05) is 33.9 Å². The molecule has 130 valence electrons. The topological polar surface area (TPSA) is 38.8 Å². The summed E-state index contributed by atoms with van der Waals surface area (Å²) in [6.07, 6.45) is 2.85. The number of ether oxygens (including phenoxy) is 2. The van der Waals surface area contributed by atoms with E-state index in [1.165, 1.54) is 0 Å². The van der Waals surface area contributed by atoms with Crippen LogP contribution in [-0.4, -0.2) is 44.5 Å². The van der Waals surface area contributed by atoms with Crippen molar-refractivity contribution in [1.82, 2.24) is 4.90 Å². The molecule has 25 heavy (non-hydrogen) atoms. The molecule has 0 saturated heterocycles.